The third-order valence-electron chi connectivity index (χ3n) is 4.06. The average molecular weight is 326 g/mol. The third-order valence-corrected chi connectivity index (χ3v) is 4.96. The summed E-state index contributed by atoms with van der Waals surface area (Å²) in [5, 5.41) is 0.881. The fourth-order valence-corrected chi connectivity index (χ4v) is 3.79. The Morgan fingerprint density at radius 2 is 2.00 bits per heavy atom. The van der Waals surface area contributed by atoms with Crippen LogP contribution >= 0.6 is 11.8 Å². The van der Waals surface area contributed by atoms with Crippen LogP contribution in [-0.2, 0) is 11.3 Å². The summed E-state index contributed by atoms with van der Waals surface area (Å²) in [6.07, 6.45) is 3.70. The summed E-state index contributed by atoms with van der Waals surface area (Å²) >= 11 is 1.01. The van der Waals surface area contributed by atoms with Gasteiger partial charge in [0.25, 0.3) is 11.1 Å². The number of para-hydroxylation sites is 1. The van der Waals surface area contributed by atoms with Crippen molar-refractivity contribution < 1.29 is 9.59 Å². The number of likely N-dealkylation sites (N-methyl/N-ethyl adjacent to an activating group) is 1. The fraction of sp³-hybridized carbons (Fsp3) is 0.222. The van der Waals surface area contributed by atoms with Gasteiger partial charge < -0.3 is 4.57 Å². The summed E-state index contributed by atoms with van der Waals surface area (Å²) in [5.74, 6) is -0.206. The Hall–Kier alpha value is -2.27. The minimum Gasteiger partial charge on any atom is -0.340 e. The summed E-state index contributed by atoms with van der Waals surface area (Å²) in [5.41, 5.74) is 3.16. The Labute approximate surface area is 139 Å². The van der Waals surface area contributed by atoms with E-state index >= 15 is 0 Å². The maximum Gasteiger partial charge on any atom is 0.293 e. The maximum atomic E-state index is 12.3. The van der Waals surface area contributed by atoms with Crippen molar-refractivity contribution in [1.82, 2.24) is 9.47 Å². The van der Waals surface area contributed by atoms with Crippen molar-refractivity contribution in [3.05, 3.63) is 53.1 Å². The van der Waals surface area contributed by atoms with Crippen molar-refractivity contribution in [2.45, 2.75) is 20.4 Å². The van der Waals surface area contributed by atoms with E-state index in [0.29, 0.717) is 18.0 Å². The first-order valence-corrected chi connectivity index (χ1v) is 8.34. The van der Waals surface area contributed by atoms with Crippen molar-refractivity contribution in [3.8, 4) is 0 Å². The van der Waals surface area contributed by atoms with E-state index in [1.54, 1.807) is 6.92 Å². The highest BCUT2D eigenvalue weighted by atomic mass is 32.2. The minimum atomic E-state index is -0.206. The molecule has 1 fully saturated rings. The second-order valence-electron chi connectivity index (χ2n) is 5.34. The molecule has 0 aliphatic carbocycles. The first-order chi connectivity index (χ1) is 11.1. The molecule has 23 heavy (non-hydrogen) atoms. The zero-order valence-electron chi connectivity index (χ0n) is 13.2. The number of allylic oxidation sites excluding steroid dienone is 1. The Kier molecular flexibility index (Phi) is 4.13. The fourth-order valence-electron chi connectivity index (χ4n) is 2.91. The first-order valence-electron chi connectivity index (χ1n) is 7.52. The predicted octanol–water partition coefficient (Wildman–Crippen LogP) is 4.19. The highest BCUT2D eigenvalue weighted by Gasteiger charge is 2.34. The van der Waals surface area contributed by atoms with Crippen LogP contribution in [0, 0.1) is 6.92 Å². The molecule has 3 rings (SSSR count). The molecule has 1 aromatic heterocycles. The van der Waals surface area contributed by atoms with Gasteiger partial charge >= 0.3 is 0 Å². The first kappa shape index (κ1) is 15.6. The van der Waals surface area contributed by atoms with Gasteiger partial charge in [0.1, 0.15) is 0 Å². The topological polar surface area (TPSA) is 42.3 Å². The van der Waals surface area contributed by atoms with Crippen LogP contribution in [0.25, 0.3) is 17.0 Å². The van der Waals surface area contributed by atoms with E-state index in [0.717, 1.165) is 33.9 Å². The highest BCUT2D eigenvalue weighted by Crippen LogP contribution is 2.35. The summed E-state index contributed by atoms with van der Waals surface area (Å²) in [7, 11) is 0. The van der Waals surface area contributed by atoms with Crippen molar-refractivity contribution >= 4 is 39.9 Å². The normalized spacial score (nSPS) is 16.8. The molecule has 118 valence electrons. The molecule has 0 spiro atoms. The predicted molar refractivity (Wildman–Crippen MR) is 95.2 cm³/mol. The number of thioether (sulfide) groups is 1. The molecule has 1 aliphatic rings. The summed E-state index contributed by atoms with van der Waals surface area (Å²) < 4.78 is 2.16. The van der Waals surface area contributed by atoms with Gasteiger partial charge in [-0.3, -0.25) is 14.5 Å². The van der Waals surface area contributed by atoms with Gasteiger partial charge in [-0.2, -0.15) is 0 Å². The van der Waals surface area contributed by atoms with Gasteiger partial charge in [0.05, 0.1) is 4.91 Å². The summed E-state index contributed by atoms with van der Waals surface area (Å²) in [4.78, 5) is 26.0. The molecule has 4 nitrogen and oxygen atoms in total. The molecule has 0 bridgehead atoms. The van der Waals surface area contributed by atoms with Crippen LogP contribution in [-0.4, -0.2) is 27.2 Å². The molecule has 0 saturated carbocycles. The zero-order chi connectivity index (χ0) is 16.6. The lowest BCUT2D eigenvalue weighted by atomic mass is 10.1. The largest absolute Gasteiger partial charge is 0.340 e. The Balaban J connectivity index is 2.16. The van der Waals surface area contributed by atoms with E-state index in [1.807, 2.05) is 37.3 Å². The molecular formula is C18H18N2O2S. The van der Waals surface area contributed by atoms with Crippen LogP contribution in [0.1, 0.15) is 18.2 Å². The van der Waals surface area contributed by atoms with Crippen molar-refractivity contribution in [2.24, 2.45) is 0 Å². The van der Waals surface area contributed by atoms with Gasteiger partial charge in [-0.05, 0) is 37.8 Å². The second-order valence-corrected chi connectivity index (χ2v) is 6.33. The summed E-state index contributed by atoms with van der Waals surface area (Å²) in [6, 6.07) is 8.07. The summed E-state index contributed by atoms with van der Waals surface area (Å²) in [6.45, 7) is 8.75. The maximum absolute atomic E-state index is 12.3. The van der Waals surface area contributed by atoms with E-state index in [-0.39, 0.29) is 11.1 Å². The Bertz CT molecular complexity index is 848. The van der Waals surface area contributed by atoms with Gasteiger partial charge in [0.2, 0.25) is 0 Å². The van der Waals surface area contributed by atoms with E-state index in [2.05, 4.69) is 17.2 Å². The van der Waals surface area contributed by atoms with E-state index in [4.69, 9.17) is 0 Å². The smallest absolute Gasteiger partial charge is 0.293 e. The molecule has 2 aromatic rings. The SMILES string of the molecule is C=CCn1c(C)c(/C=C2\SC(=O)N(CC)C2=O)c2ccccc21. The number of imide groups is 1. The van der Waals surface area contributed by atoms with Gasteiger partial charge in [0.15, 0.2) is 0 Å². The van der Waals surface area contributed by atoms with Crippen molar-refractivity contribution in [2.75, 3.05) is 6.54 Å². The average Bonchev–Trinajstić information content (AvgIpc) is 2.96. The van der Waals surface area contributed by atoms with Gasteiger partial charge in [0, 0.05) is 35.2 Å². The monoisotopic (exact) mass is 326 g/mol. The molecule has 0 radical (unpaired) electrons. The number of carbonyl (C=O) groups is 2. The van der Waals surface area contributed by atoms with Gasteiger partial charge in [-0.1, -0.05) is 24.3 Å². The molecule has 0 N–H and O–H groups in total. The quantitative estimate of drug-likeness (QED) is 0.625. The highest BCUT2D eigenvalue weighted by molar-refractivity contribution is 8.18. The lowest BCUT2D eigenvalue weighted by Crippen LogP contribution is -2.27. The van der Waals surface area contributed by atoms with E-state index in [9.17, 15) is 9.59 Å². The van der Waals surface area contributed by atoms with Crippen molar-refractivity contribution in [3.63, 3.8) is 0 Å². The minimum absolute atomic E-state index is 0.198. The van der Waals surface area contributed by atoms with Gasteiger partial charge in [-0.15, -0.1) is 6.58 Å². The third kappa shape index (κ3) is 2.51. The molecule has 1 aliphatic heterocycles. The number of hydrogen-bond acceptors (Lipinski definition) is 3. The van der Waals surface area contributed by atoms with E-state index in [1.165, 1.54) is 4.90 Å². The molecule has 2 heterocycles. The van der Waals surface area contributed by atoms with Crippen LogP contribution in [0.3, 0.4) is 0 Å². The number of nitrogens with zero attached hydrogens (tertiary/aromatic N) is 2. The van der Waals surface area contributed by atoms with Crippen LogP contribution in [0.2, 0.25) is 0 Å². The van der Waals surface area contributed by atoms with Gasteiger partial charge in [-0.25, -0.2) is 0 Å². The molecule has 1 aromatic carbocycles. The molecule has 5 heteroatoms. The standard InChI is InChI=1S/C18H18N2O2S/c1-4-10-20-12(3)14(13-8-6-7-9-15(13)20)11-16-17(21)19(5-2)18(22)23-16/h4,6-9,11H,1,5,10H2,2-3H3/b16-11-. The second kappa shape index (κ2) is 6.08. The van der Waals surface area contributed by atoms with Crippen molar-refractivity contribution in [1.29, 1.82) is 0 Å². The number of hydrogen-bond donors (Lipinski definition) is 0. The number of aromatic nitrogens is 1. The van der Waals surface area contributed by atoms with Crippen LogP contribution in [0.15, 0.2) is 41.8 Å². The van der Waals surface area contributed by atoms with Crippen LogP contribution < -0.4 is 0 Å². The molecule has 2 amide bonds. The van der Waals surface area contributed by atoms with E-state index < -0.39 is 0 Å². The van der Waals surface area contributed by atoms with Crippen LogP contribution in [0.4, 0.5) is 4.79 Å². The number of carbonyl (C=O) groups excluding carboxylic acids is 2. The zero-order valence-corrected chi connectivity index (χ0v) is 14.0. The molecular weight excluding hydrogens is 308 g/mol. The lowest BCUT2D eigenvalue weighted by Gasteiger charge is -2.07. The number of benzene rings is 1. The Morgan fingerprint density at radius 1 is 1.26 bits per heavy atom. The molecule has 0 unspecified atom stereocenters. The molecule has 1 saturated heterocycles. The number of fused-ring (bicyclic) bond motifs is 1. The Morgan fingerprint density at radius 3 is 2.65 bits per heavy atom. The van der Waals surface area contributed by atoms with Crippen LogP contribution in [0.5, 0.6) is 0 Å². The number of amides is 2. The molecule has 0 atom stereocenters. The number of rotatable bonds is 4. The lowest BCUT2D eigenvalue weighted by molar-refractivity contribution is -0.122.